The van der Waals surface area contributed by atoms with Crippen molar-refractivity contribution in [2.24, 2.45) is 0 Å². The van der Waals surface area contributed by atoms with E-state index < -0.39 is 17.8 Å². The minimum Gasteiger partial charge on any atom is -0.453 e. The number of thiophene rings is 1. The number of carbonyl (C=O) groups excluding carboxylic acids is 2. The van der Waals surface area contributed by atoms with Gasteiger partial charge >= 0.3 is 6.03 Å². The lowest BCUT2D eigenvalue weighted by molar-refractivity contribution is -0.119. The lowest BCUT2D eigenvalue weighted by Crippen LogP contribution is -2.35. The molecule has 42 heavy (non-hydrogen) atoms. The average Bonchev–Trinajstić information content (AvgIpc) is 3.43. The van der Waals surface area contributed by atoms with E-state index in [0.29, 0.717) is 12.4 Å². The first-order valence-corrected chi connectivity index (χ1v) is 14.1. The number of fused-ring (bicyclic) bond motifs is 1. The fourth-order valence-corrected chi connectivity index (χ4v) is 5.30. The van der Waals surface area contributed by atoms with Gasteiger partial charge in [-0.15, -0.1) is 11.3 Å². The first-order chi connectivity index (χ1) is 20.5. The highest BCUT2D eigenvalue weighted by Crippen LogP contribution is 2.39. The number of urea groups is 1. The van der Waals surface area contributed by atoms with E-state index in [1.165, 1.54) is 29.0 Å². The molecule has 214 valence electrons. The molecule has 5 aromatic rings. The van der Waals surface area contributed by atoms with Crippen LogP contribution in [0.25, 0.3) is 20.7 Å². The van der Waals surface area contributed by atoms with Gasteiger partial charge in [0.2, 0.25) is 5.91 Å². The molecule has 3 aromatic carbocycles. The molecule has 0 aliphatic heterocycles. The van der Waals surface area contributed by atoms with E-state index >= 15 is 0 Å². The Labute approximate surface area is 246 Å². The van der Waals surface area contributed by atoms with Gasteiger partial charge in [0.1, 0.15) is 5.75 Å². The molecular weight excluding hydrogens is 555 g/mol. The maximum Gasteiger partial charge on any atom is 0.325 e. The van der Waals surface area contributed by atoms with Gasteiger partial charge in [0.25, 0.3) is 0 Å². The summed E-state index contributed by atoms with van der Waals surface area (Å²) in [6, 6.07) is 24.3. The van der Waals surface area contributed by atoms with Crippen molar-refractivity contribution < 1.29 is 23.5 Å². The van der Waals surface area contributed by atoms with Gasteiger partial charge < -0.3 is 20.1 Å². The molecule has 8 nitrogen and oxygen atoms in total. The van der Waals surface area contributed by atoms with Crippen LogP contribution in [0, 0.1) is 5.82 Å². The Kier molecular flexibility index (Phi) is 9.50. The lowest BCUT2D eigenvalue weighted by Gasteiger charge is -2.10. The zero-order chi connectivity index (χ0) is 29.3. The molecule has 2 heterocycles. The largest absolute Gasteiger partial charge is 0.453 e. The van der Waals surface area contributed by atoms with Gasteiger partial charge in [-0.1, -0.05) is 54.6 Å². The van der Waals surface area contributed by atoms with Gasteiger partial charge in [-0.2, -0.15) is 0 Å². The number of carbonyl (C=O) groups is 2. The second-order valence-electron chi connectivity index (χ2n) is 9.41. The highest BCUT2D eigenvalue weighted by Gasteiger charge is 2.15. The highest BCUT2D eigenvalue weighted by molar-refractivity contribution is 7.22. The van der Waals surface area contributed by atoms with E-state index in [9.17, 15) is 14.0 Å². The van der Waals surface area contributed by atoms with Crippen molar-refractivity contribution in [1.29, 1.82) is 0 Å². The zero-order valence-corrected chi connectivity index (χ0v) is 23.7. The smallest absolute Gasteiger partial charge is 0.325 e. The summed E-state index contributed by atoms with van der Waals surface area (Å²) in [5.41, 5.74) is 3.92. The minimum atomic E-state index is -0.749. The summed E-state index contributed by atoms with van der Waals surface area (Å²) in [4.78, 5) is 29.8. The molecule has 3 N–H and O–H groups in total. The molecule has 0 atom stereocenters. The Morgan fingerprint density at radius 3 is 2.50 bits per heavy atom. The van der Waals surface area contributed by atoms with Crippen LogP contribution in [0.15, 0.2) is 91.1 Å². The molecule has 0 fully saturated rings. The number of imide groups is 1. The predicted octanol–water partition coefficient (Wildman–Crippen LogP) is 6.52. The Balaban J connectivity index is 1.23. The summed E-state index contributed by atoms with van der Waals surface area (Å²) < 4.78 is 26.8. The molecule has 0 radical (unpaired) electrons. The van der Waals surface area contributed by atoms with E-state index in [0.717, 1.165) is 45.4 Å². The molecular formula is C32H29FN4O4S. The number of methoxy groups -OCH3 is 1. The number of benzene rings is 3. The maximum atomic E-state index is 15.0. The third kappa shape index (κ3) is 7.55. The Morgan fingerprint density at radius 2 is 1.74 bits per heavy atom. The fourth-order valence-electron chi connectivity index (χ4n) is 4.23. The Hall–Kier alpha value is -4.64. The molecule has 0 aliphatic rings. The van der Waals surface area contributed by atoms with Gasteiger partial charge in [0.05, 0.1) is 23.2 Å². The van der Waals surface area contributed by atoms with Crippen LogP contribution in [0.4, 0.5) is 14.9 Å². The van der Waals surface area contributed by atoms with Gasteiger partial charge in [-0.25, -0.2) is 9.18 Å². The summed E-state index contributed by atoms with van der Waals surface area (Å²) in [5.74, 6) is -0.671. The van der Waals surface area contributed by atoms with E-state index in [4.69, 9.17) is 9.47 Å². The van der Waals surface area contributed by atoms with E-state index in [2.05, 4.69) is 45.2 Å². The Morgan fingerprint density at radius 1 is 0.929 bits per heavy atom. The quantitative estimate of drug-likeness (QED) is 0.153. The molecule has 0 saturated carbocycles. The van der Waals surface area contributed by atoms with Crippen molar-refractivity contribution in [2.75, 3.05) is 25.6 Å². The van der Waals surface area contributed by atoms with Gasteiger partial charge in [-0.05, 0) is 34.9 Å². The summed E-state index contributed by atoms with van der Waals surface area (Å²) in [6.45, 7) is 2.21. The summed E-state index contributed by atoms with van der Waals surface area (Å²) in [6.07, 6.45) is 1.67. The van der Waals surface area contributed by atoms with Crippen molar-refractivity contribution in [1.82, 2.24) is 15.6 Å². The van der Waals surface area contributed by atoms with Crippen LogP contribution in [0.5, 0.6) is 11.5 Å². The van der Waals surface area contributed by atoms with E-state index in [1.54, 1.807) is 31.5 Å². The van der Waals surface area contributed by atoms with E-state index in [-0.39, 0.29) is 17.9 Å². The molecule has 0 spiro atoms. The first kappa shape index (κ1) is 28.9. The number of aromatic nitrogens is 1. The monoisotopic (exact) mass is 584 g/mol. The van der Waals surface area contributed by atoms with Crippen molar-refractivity contribution in [3.63, 3.8) is 0 Å². The standard InChI is InChI=1S/C32H29FN4O4S/c1-40-16-15-34-20-22-7-9-23(10-8-22)29-19-26-31(42-29)28(13-14-35-26)41-27-12-11-24(18-25(27)33)36-32(39)37-30(38)17-21-5-3-2-4-6-21/h2-14,18-19,34H,15-17,20H2,1H3,(H2,36,37,38,39). The number of ether oxygens (including phenoxy) is 2. The van der Waals surface area contributed by atoms with Crippen LogP contribution in [0.2, 0.25) is 0 Å². The number of nitrogens with one attached hydrogen (secondary N) is 3. The zero-order valence-electron chi connectivity index (χ0n) is 22.9. The second kappa shape index (κ2) is 13.8. The van der Waals surface area contributed by atoms with Crippen molar-refractivity contribution in [3.05, 3.63) is 108 Å². The fraction of sp³-hybridized carbons (Fsp3) is 0.156. The van der Waals surface area contributed by atoms with Crippen LogP contribution in [-0.2, 0) is 22.5 Å². The summed E-state index contributed by atoms with van der Waals surface area (Å²) in [7, 11) is 1.68. The Bertz CT molecular complexity index is 1680. The number of nitrogens with zero attached hydrogens (tertiary/aromatic N) is 1. The number of amides is 3. The van der Waals surface area contributed by atoms with Crippen molar-refractivity contribution in [3.8, 4) is 21.9 Å². The number of rotatable bonds is 11. The van der Waals surface area contributed by atoms with Crippen LogP contribution in [0.3, 0.4) is 0 Å². The second-order valence-corrected chi connectivity index (χ2v) is 10.5. The lowest BCUT2D eigenvalue weighted by atomic mass is 10.1. The number of anilines is 1. The molecule has 0 bridgehead atoms. The predicted molar refractivity (Wildman–Crippen MR) is 162 cm³/mol. The molecule has 0 aliphatic carbocycles. The molecule has 10 heteroatoms. The van der Waals surface area contributed by atoms with Crippen molar-refractivity contribution in [2.45, 2.75) is 13.0 Å². The number of hydrogen-bond acceptors (Lipinski definition) is 7. The van der Waals surface area contributed by atoms with Gasteiger partial charge in [0.15, 0.2) is 11.6 Å². The van der Waals surface area contributed by atoms with Crippen LogP contribution < -0.4 is 20.7 Å². The van der Waals surface area contributed by atoms with Crippen LogP contribution >= 0.6 is 11.3 Å². The molecule has 3 amide bonds. The number of pyridine rings is 1. The summed E-state index contributed by atoms with van der Waals surface area (Å²) in [5, 5.41) is 8.06. The third-order valence-electron chi connectivity index (χ3n) is 6.30. The topological polar surface area (TPSA) is 102 Å². The molecule has 0 unspecified atom stereocenters. The number of halogens is 1. The molecule has 0 saturated heterocycles. The highest BCUT2D eigenvalue weighted by atomic mass is 32.1. The maximum absolute atomic E-state index is 15.0. The van der Waals surface area contributed by atoms with E-state index in [1.807, 2.05) is 24.3 Å². The normalized spacial score (nSPS) is 10.9. The molecule has 5 rings (SSSR count). The van der Waals surface area contributed by atoms with Gasteiger partial charge in [0, 0.05) is 49.1 Å². The molecule has 2 aromatic heterocycles. The number of hydrogen-bond donors (Lipinski definition) is 3. The minimum absolute atomic E-state index is 0.00566. The average molecular weight is 585 g/mol. The SMILES string of the molecule is COCCNCc1ccc(-c2cc3nccc(Oc4ccc(NC(=O)NC(=O)Cc5ccccc5)cc4F)c3s2)cc1. The third-order valence-corrected chi connectivity index (χ3v) is 7.48. The van der Waals surface area contributed by atoms with Crippen molar-refractivity contribution >= 4 is 39.2 Å². The van der Waals surface area contributed by atoms with Crippen LogP contribution in [-0.4, -0.2) is 37.2 Å². The first-order valence-electron chi connectivity index (χ1n) is 13.3. The van der Waals surface area contributed by atoms with Crippen LogP contribution in [0.1, 0.15) is 11.1 Å². The van der Waals surface area contributed by atoms with Gasteiger partial charge in [-0.3, -0.25) is 15.1 Å². The summed E-state index contributed by atoms with van der Waals surface area (Å²) >= 11 is 1.51.